The summed E-state index contributed by atoms with van der Waals surface area (Å²) in [6.45, 7) is 9.13. The molecule has 3 heterocycles. The Hall–Kier alpha value is -5.36. The monoisotopic (exact) mass is 736 g/mol. The highest BCUT2D eigenvalue weighted by Gasteiger charge is 2.29. The molecule has 12 heteroatoms. The maximum absolute atomic E-state index is 13.6. The van der Waals surface area contributed by atoms with Crippen LogP contribution in [0.3, 0.4) is 0 Å². The number of thiophene rings is 1. The van der Waals surface area contributed by atoms with E-state index in [2.05, 4.69) is 58.3 Å². The van der Waals surface area contributed by atoms with Crippen molar-refractivity contribution in [3.8, 4) is 28.3 Å². The van der Waals surface area contributed by atoms with Gasteiger partial charge in [0.2, 0.25) is 5.91 Å². The fourth-order valence-corrected chi connectivity index (χ4v) is 6.65. The second-order valence-electron chi connectivity index (χ2n) is 14.1. The van der Waals surface area contributed by atoms with Crippen molar-refractivity contribution in [3.05, 3.63) is 107 Å². The molecular formula is C41H48N6O5S. The number of imidazole rings is 1. The summed E-state index contributed by atoms with van der Waals surface area (Å²) < 4.78 is 5.90. The van der Waals surface area contributed by atoms with Crippen molar-refractivity contribution in [2.24, 2.45) is 0 Å². The van der Waals surface area contributed by atoms with Gasteiger partial charge >= 0.3 is 5.97 Å². The van der Waals surface area contributed by atoms with Crippen molar-refractivity contribution in [1.29, 1.82) is 0 Å². The molecule has 5 rings (SSSR count). The first-order chi connectivity index (χ1) is 25.5. The number of H-pyrrole nitrogens is 1. The number of hydrogen-bond donors (Lipinski definition) is 4. The number of carbonyl (C=O) groups is 3. The number of ether oxygens (including phenoxy) is 1. The molecule has 0 saturated heterocycles. The van der Waals surface area contributed by atoms with E-state index in [1.807, 2.05) is 54.6 Å². The summed E-state index contributed by atoms with van der Waals surface area (Å²) in [7, 11) is 0. The van der Waals surface area contributed by atoms with Crippen LogP contribution in [0.2, 0.25) is 0 Å². The summed E-state index contributed by atoms with van der Waals surface area (Å²) in [5.41, 5.74) is 3.83. The number of carbonyl (C=O) groups excluding carboxylic acids is 2. The normalized spacial score (nSPS) is 12.5. The first kappa shape index (κ1) is 38.9. The molecule has 2 aromatic carbocycles. The first-order valence-electron chi connectivity index (χ1n) is 18.1. The number of carboxylic acid groups (broad SMARTS) is 1. The lowest BCUT2D eigenvalue weighted by atomic mass is 9.95. The van der Waals surface area contributed by atoms with Gasteiger partial charge in [-0.25, -0.2) is 19.7 Å². The van der Waals surface area contributed by atoms with Gasteiger partial charge in [-0.05, 0) is 47.2 Å². The highest BCUT2D eigenvalue weighted by Crippen LogP contribution is 2.30. The lowest BCUT2D eigenvalue weighted by Crippen LogP contribution is -2.53. The average Bonchev–Trinajstić information content (AvgIpc) is 3.87. The zero-order valence-electron chi connectivity index (χ0n) is 30.7. The number of aliphatic carboxylic acids is 1. The third-order valence-corrected chi connectivity index (χ3v) is 10.3. The minimum Gasteiger partial charge on any atom is -0.494 e. The number of unbranched alkanes of at least 4 members (excludes halogenated alkanes) is 4. The van der Waals surface area contributed by atoms with Gasteiger partial charge < -0.3 is 25.5 Å². The van der Waals surface area contributed by atoms with Crippen LogP contribution >= 0.6 is 11.3 Å². The van der Waals surface area contributed by atoms with Gasteiger partial charge in [0.25, 0.3) is 5.91 Å². The number of aromatic amines is 1. The van der Waals surface area contributed by atoms with Gasteiger partial charge in [-0.3, -0.25) is 9.59 Å². The zero-order chi connectivity index (χ0) is 37.8. The molecule has 278 valence electrons. The summed E-state index contributed by atoms with van der Waals surface area (Å²) in [4.78, 5) is 56.6. The first-order valence-corrected chi connectivity index (χ1v) is 18.9. The highest BCUT2D eigenvalue weighted by molar-refractivity contribution is 7.14. The smallest absolute Gasteiger partial charge is 0.326 e. The largest absolute Gasteiger partial charge is 0.494 e. The maximum Gasteiger partial charge on any atom is 0.326 e. The molecule has 0 radical (unpaired) electrons. The second kappa shape index (κ2) is 18.4. The summed E-state index contributed by atoms with van der Waals surface area (Å²) in [5, 5.41) is 15.3. The van der Waals surface area contributed by atoms with Crippen LogP contribution in [0.15, 0.2) is 85.6 Å². The fraction of sp³-hybridized carbons (Fsp3) is 0.366. The number of amides is 2. The van der Waals surface area contributed by atoms with Crippen molar-refractivity contribution in [2.45, 2.75) is 90.1 Å². The topological polar surface area (TPSA) is 159 Å². The summed E-state index contributed by atoms with van der Waals surface area (Å²) in [6, 6.07) is 16.8. The van der Waals surface area contributed by atoms with Crippen molar-refractivity contribution < 1.29 is 24.2 Å². The van der Waals surface area contributed by atoms with E-state index in [1.54, 1.807) is 18.5 Å². The Bertz CT molecular complexity index is 1920. The second-order valence-corrected chi connectivity index (χ2v) is 15.2. The molecule has 4 N–H and O–H groups in total. The minimum atomic E-state index is -1.23. The van der Waals surface area contributed by atoms with Crippen LogP contribution in [-0.2, 0) is 27.8 Å². The summed E-state index contributed by atoms with van der Waals surface area (Å²) in [5.74, 6) is -0.824. The molecule has 11 nitrogen and oxygen atoms in total. The average molecular weight is 737 g/mol. The molecule has 53 heavy (non-hydrogen) atoms. The number of rotatable bonds is 18. The van der Waals surface area contributed by atoms with E-state index in [0.29, 0.717) is 23.0 Å². The molecule has 0 aliphatic carbocycles. The van der Waals surface area contributed by atoms with Crippen LogP contribution < -0.4 is 15.4 Å². The SMILES string of the molecule is CCCCCCCOc1ccc(-c2cnc(-c3ccc(CC(NC(=O)c4ccc(C(C)(C)C)s4)C(=O)NC(Cc4cnc[nH]4)C(=O)O)cc3)nc2)cc1. The molecular weight excluding hydrogens is 689 g/mol. The lowest BCUT2D eigenvalue weighted by Gasteiger charge is -2.21. The molecule has 0 saturated carbocycles. The van der Waals surface area contributed by atoms with E-state index in [1.165, 1.54) is 49.5 Å². The van der Waals surface area contributed by atoms with E-state index in [9.17, 15) is 19.5 Å². The van der Waals surface area contributed by atoms with Gasteiger partial charge in [-0.15, -0.1) is 11.3 Å². The Morgan fingerprint density at radius 2 is 1.51 bits per heavy atom. The third kappa shape index (κ3) is 11.3. The Balaban J connectivity index is 1.25. The number of carboxylic acids is 1. The lowest BCUT2D eigenvalue weighted by molar-refractivity contribution is -0.142. The van der Waals surface area contributed by atoms with E-state index >= 15 is 0 Å². The zero-order valence-corrected chi connectivity index (χ0v) is 31.5. The number of nitrogens with zero attached hydrogens (tertiary/aromatic N) is 3. The van der Waals surface area contributed by atoms with Crippen molar-refractivity contribution in [3.63, 3.8) is 0 Å². The fourth-order valence-electron chi connectivity index (χ4n) is 5.68. The van der Waals surface area contributed by atoms with Gasteiger partial charge in [0, 0.05) is 53.1 Å². The molecule has 0 bridgehead atoms. The van der Waals surface area contributed by atoms with Crippen LogP contribution in [0.1, 0.15) is 85.6 Å². The Morgan fingerprint density at radius 1 is 0.811 bits per heavy atom. The minimum absolute atomic E-state index is 0.00801. The van der Waals surface area contributed by atoms with E-state index in [4.69, 9.17) is 4.74 Å². The quantitative estimate of drug-likeness (QED) is 0.0678. The Labute approximate surface area is 314 Å². The number of hydrogen-bond acceptors (Lipinski definition) is 8. The molecule has 0 fully saturated rings. The van der Waals surface area contributed by atoms with Crippen LogP contribution in [0, 0.1) is 0 Å². The van der Waals surface area contributed by atoms with Crippen molar-refractivity contribution in [2.75, 3.05) is 6.61 Å². The van der Waals surface area contributed by atoms with Crippen LogP contribution in [-0.4, -0.2) is 61.5 Å². The Kier molecular flexibility index (Phi) is 13.5. The molecule has 0 spiro atoms. The molecule has 3 aromatic heterocycles. The van der Waals surface area contributed by atoms with Crippen molar-refractivity contribution >= 4 is 29.1 Å². The molecule has 0 aliphatic heterocycles. The van der Waals surface area contributed by atoms with Gasteiger partial charge in [0.05, 0.1) is 17.8 Å². The number of aromatic nitrogens is 4. The number of nitrogens with one attached hydrogen (secondary N) is 3. The molecule has 2 atom stereocenters. The standard InChI is InChI=1S/C41H48N6O5S/c1-5-6-7-8-9-20-52-32-16-14-28(15-17-32)30-23-43-37(44-24-30)29-12-10-27(11-13-29)21-33(46-39(49)35-18-19-36(53-35)41(2,3)4)38(48)47-34(40(50)51)22-31-25-42-26-45-31/h10-19,23-26,33-34H,5-9,20-22H2,1-4H3,(H,42,45)(H,46,49)(H,47,48)(H,50,51). The van der Waals surface area contributed by atoms with E-state index in [0.717, 1.165) is 39.3 Å². The third-order valence-electron chi connectivity index (χ3n) is 8.79. The van der Waals surface area contributed by atoms with Crippen LogP contribution in [0.25, 0.3) is 22.5 Å². The Morgan fingerprint density at radius 3 is 2.13 bits per heavy atom. The number of benzene rings is 2. The van der Waals surface area contributed by atoms with Gasteiger partial charge in [0.15, 0.2) is 5.82 Å². The summed E-state index contributed by atoms with van der Waals surface area (Å²) >= 11 is 1.37. The maximum atomic E-state index is 13.6. The van der Waals surface area contributed by atoms with Crippen LogP contribution in [0.5, 0.6) is 5.75 Å². The van der Waals surface area contributed by atoms with E-state index in [-0.39, 0.29) is 18.3 Å². The molecule has 2 amide bonds. The molecule has 5 aromatic rings. The van der Waals surface area contributed by atoms with Gasteiger partial charge in [-0.2, -0.15) is 0 Å². The van der Waals surface area contributed by atoms with Crippen LogP contribution in [0.4, 0.5) is 0 Å². The molecule has 0 aliphatic rings. The predicted octanol–water partition coefficient (Wildman–Crippen LogP) is 7.40. The highest BCUT2D eigenvalue weighted by atomic mass is 32.1. The molecule has 2 unspecified atom stereocenters. The predicted molar refractivity (Wildman–Crippen MR) is 207 cm³/mol. The van der Waals surface area contributed by atoms with Crippen molar-refractivity contribution in [1.82, 2.24) is 30.6 Å². The summed E-state index contributed by atoms with van der Waals surface area (Å²) in [6.07, 6.45) is 12.6. The van der Waals surface area contributed by atoms with Gasteiger partial charge in [-0.1, -0.05) is 89.8 Å². The van der Waals surface area contributed by atoms with Gasteiger partial charge in [0.1, 0.15) is 17.8 Å². The van der Waals surface area contributed by atoms with E-state index < -0.39 is 29.9 Å².